The fourth-order valence-corrected chi connectivity index (χ4v) is 2.25. The van der Waals surface area contributed by atoms with E-state index in [4.69, 9.17) is 5.73 Å². The second-order valence-corrected chi connectivity index (χ2v) is 4.96. The van der Waals surface area contributed by atoms with E-state index < -0.39 is 11.6 Å². The van der Waals surface area contributed by atoms with Gasteiger partial charge >= 0.3 is 0 Å². The number of nitrogens with two attached hydrogens (primary N) is 1. The van der Waals surface area contributed by atoms with E-state index in [1.807, 2.05) is 0 Å². The zero-order valence-electron chi connectivity index (χ0n) is 12.4. The maximum Gasteiger partial charge on any atom is 0.209 e. The van der Waals surface area contributed by atoms with Gasteiger partial charge < -0.3 is 5.73 Å². The molecule has 124 valence electrons. The summed E-state index contributed by atoms with van der Waals surface area (Å²) in [7, 11) is 0. The third kappa shape index (κ3) is 2.47. The summed E-state index contributed by atoms with van der Waals surface area (Å²) in [6, 6.07) is 3.68. The summed E-state index contributed by atoms with van der Waals surface area (Å²) in [6.07, 6.45) is 4.64. The fraction of sp³-hybridized carbons (Fsp3) is 0. The normalized spacial score (nSPS) is 11.0. The molecule has 4 aromatic rings. The largest absolute Gasteiger partial charge is 0.382 e. The highest BCUT2D eigenvalue weighted by Crippen LogP contribution is 2.26. The van der Waals surface area contributed by atoms with Gasteiger partial charge in [0.25, 0.3) is 0 Å². The third-order valence-electron chi connectivity index (χ3n) is 3.44. The van der Waals surface area contributed by atoms with Gasteiger partial charge in [-0.2, -0.15) is 9.78 Å². The highest BCUT2D eigenvalue weighted by Gasteiger charge is 2.20. The van der Waals surface area contributed by atoms with Crippen LogP contribution in [-0.4, -0.2) is 40.4 Å². The average Bonchev–Trinajstić information content (AvgIpc) is 3.29. The maximum atomic E-state index is 14.1. The summed E-state index contributed by atoms with van der Waals surface area (Å²) in [6.45, 7) is 0. The molecule has 0 amide bonds. The highest BCUT2D eigenvalue weighted by molar-refractivity contribution is 5.69. The van der Waals surface area contributed by atoms with Gasteiger partial charge in [0.05, 0.1) is 18.1 Å². The Morgan fingerprint density at radius 1 is 1.16 bits per heavy atom. The summed E-state index contributed by atoms with van der Waals surface area (Å²) < 4.78 is 28.6. The van der Waals surface area contributed by atoms with Crippen LogP contribution in [0.3, 0.4) is 0 Å². The minimum absolute atomic E-state index is 0.0276. The van der Waals surface area contributed by atoms with Gasteiger partial charge in [-0.15, -0.1) is 5.10 Å². The van der Waals surface area contributed by atoms with E-state index in [9.17, 15) is 8.78 Å². The van der Waals surface area contributed by atoms with Gasteiger partial charge in [-0.3, -0.25) is 5.10 Å². The molecule has 1 aromatic carbocycles. The highest BCUT2D eigenvalue weighted by atomic mass is 19.2. The zero-order valence-corrected chi connectivity index (χ0v) is 12.4. The van der Waals surface area contributed by atoms with Gasteiger partial charge in [-0.05, 0) is 22.6 Å². The van der Waals surface area contributed by atoms with E-state index in [1.165, 1.54) is 18.3 Å². The Labute approximate surface area is 138 Å². The van der Waals surface area contributed by atoms with E-state index in [-0.39, 0.29) is 23.0 Å². The van der Waals surface area contributed by atoms with Crippen LogP contribution >= 0.6 is 0 Å². The maximum absolute atomic E-state index is 14.1. The molecule has 11 heteroatoms. The first-order chi connectivity index (χ1) is 12.1. The Hall–Kier alpha value is -3.76. The van der Waals surface area contributed by atoms with E-state index in [1.54, 1.807) is 12.4 Å². The number of aromatic amines is 1. The summed E-state index contributed by atoms with van der Waals surface area (Å²) in [5.41, 5.74) is 6.97. The number of hydrogen-bond acceptors (Lipinski definition) is 7. The third-order valence-corrected chi connectivity index (χ3v) is 3.44. The van der Waals surface area contributed by atoms with E-state index >= 15 is 0 Å². The van der Waals surface area contributed by atoms with Crippen LogP contribution in [0, 0.1) is 11.6 Å². The van der Waals surface area contributed by atoms with Crippen molar-refractivity contribution in [2.24, 2.45) is 0 Å². The second-order valence-electron chi connectivity index (χ2n) is 4.96. The number of H-pyrrole nitrogens is 1. The smallest absolute Gasteiger partial charge is 0.209 e. The first-order valence-corrected chi connectivity index (χ1v) is 7.00. The quantitative estimate of drug-likeness (QED) is 0.576. The molecule has 0 fully saturated rings. The second kappa shape index (κ2) is 5.70. The molecule has 3 heterocycles. The molecule has 0 aliphatic heterocycles. The molecular weight excluding hydrogens is 332 g/mol. The Bertz CT molecular complexity index is 1040. The van der Waals surface area contributed by atoms with E-state index in [2.05, 4.69) is 35.7 Å². The molecule has 0 aliphatic rings. The first kappa shape index (κ1) is 14.8. The van der Waals surface area contributed by atoms with Crippen molar-refractivity contribution in [3.8, 4) is 28.5 Å². The standard InChI is InChI=1S/C14H9F2N9/c15-8-2-1-3-10(11(8)16)25-14(22-23-24-25)12-13(17)18-6-9(21-12)7-4-19-20-5-7/h1-6H,(H2,17,18)(H,19,20). The predicted octanol–water partition coefficient (Wildman–Crippen LogP) is 1.37. The van der Waals surface area contributed by atoms with E-state index in [0.29, 0.717) is 11.3 Å². The number of benzene rings is 1. The number of tetrazole rings is 1. The van der Waals surface area contributed by atoms with Crippen LogP contribution in [0.2, 0.25) is 0 Å². The molecule has 0 spiro atoms. The lowest BCUT2D eigenvalue weighted by atomic mass is 10.2. The number of anilines is 1. The summed E-state index contributed by atoms with van der Waals surface area (Å²) in [5.74, 6) is -2.04. The molecule has 0 radical (unpaired) electrons. The molecule has 25 heavy (non-hydrogen) atoms. The number of nitrogens with zero attached hydrogens (tertiary/aromatic N) is 7. The molecule has 3 aromatic heterocycles. The predicted molar refractivity (Wildman–Crippen MR) is 82.1 cm³/mol. The first-order valence-electron chi connectivity index (χ1n) is 7.00. The number of nitrogens with one attached hydrogen (secondary N) is 1. The lowest BCUT2D eigenvalue weighted by molar-refractivity contribution is 0.501. The van der Waals surface area contributed by atoms with Crippen molar-refractivity contribution in [1.29, 1.82) is 0 Å². The minimum atomic E-state index is -1.09. The lowest BCUT2D eigenvalue weighted by Crippen LogP contribution is -2.07. The van der Waals surface area contributed by atoms with Crippen LogP contribution in [0.4, 0.5) is 14.6 Å². The van der Waals surface area contributed by atoms with Crippen LogP contribution in [0.15, 0.2) is 36.8 Å². The molecule has 0 saturated heterocycles. The molecule has 9 nitrogen and oxygen atoms in total. The van der Waals surface area contributed by atoms with E-state index in [0.717, 1.165) is 10.7 Å². The van der Waals surface area contributed by atoms with Crippen LogP contribution in [0.1, 0.15) is 0 Å². The Morgan fingerprint density at radius 3 is 2.84 bits per heavy atom. The SMILES string of the molecule is Nc1ncc(-c2cn[nH]c2)nc1-c1nnnn1-c1cccc(F)c1F. The van der Waals surface area contributed by atoms with Gasteiger partial charge in [0, 0.05) is 11.8 Å². The van der Waals surface area contributed by atoms with Gasteiger partial charge in [0.1, 0.15) is 5.69 Å². The zero-order chi connectivity index (χ0) is 17.4. The topological polar surface area (TPSA) is 124 Å². The van der Waals surface area contributed by atoms with Crippen LogP contribution in [0.5, 0.6) is 0 Å². The van der Waals surface area contributed by atoms with Crippen molar-refractivity contribution in [3.63, 3.8) is 0 Å². The number of aromatic nitrogens is 8. The molecule has 3 N–H and O–H groups in total. The molecule has 0 aliphatic carbocycles. The van der Waals surface area contributed by atoms with Gasteiger partial charge in [-0.1, -0.05) is 6.07 Å². The molecule has 0 saturated carbocycles. The molecule has 0 unspecified atom stereocenters. The van der Waals surface area contributed by atoms with Crippen molar-refractivity contribution in [2.75, 3.05) is 5.73 Å². The number of halogens is 2. The van der Waals surface area contributed by atoms with Gasteiger partial charge in [-0.25, -0.2) is 18.7 Å². The molecule has 4 rings (SSSR count). The lowest BCUT2D eigenvalue weighted by Gasteiger charge is -2.08. The summed E-state index contributed by atoms with van der Waals surface area (Å²) >= 11 is 0. The fourth-order valence-electron chi connectivity index (χ4n) is 2.25. The minimum Gasteiger partial charge on any atom is -0.382 e. The van der Waals surface area contributed by atoms with Crippen molar-refractivity contribution < 1.29 is 8.78 Å². The summed E-state index contributed by atoms with van der Waals surface area (Å²) in [4.78, 5) is 8.43. The Kier molecular flexibility index (Phi) is 3.38. The van der Waals surface area contributed by atoms with Gasteiger partial charge in [0.15, 0.2) is 23.1 Å². The number of nitrogen functional groups attached to an aromatic ring is 1. The van der Waals surface area contributed by atoms with Crippen molar-refractivity contribution in [2.45, 2.75) is 0 Å². The average molecular weight is 341 g/mol. The van der Waals surface area contributed by atoms with Crippen molar-refractivity contribution in [1.82, 2.24) is 40.4 Å². The van der Waals surface area contributed by atoms with Crippen LogP contribution in [0.25, 0.3) is 28.5 Å². The Balaban J connectivity index is 1.89. The molecule has 0 atom stereocenters. The molecular formula is C14H9F2N9. The number of hydrogen-bond donors (Lipinski definition) is 2. The number of rotatable bonds is 3. The van der Waals surface area contributed by atoms with Gasteiger partial charge in [0.2, 0.25) is 5.82 Å². The van der Waals surface area contributed by atoms with Crippen LogP contribution < -0.4 is 5.73 Å². The monoisotopic (exact) mass is 341 g/mol. The summed E-state index contributed by atoms with van der Waals surface area (Å²) in [5, 5.41) is 17.5. The van der Waals surface area contributed by atoms with Crippen LogP contribution in [-0.2, 0) is 0 Å². The van der Waals surface area contributed by atoms with Crippen molar-refractivity contribution >= 4 is 5.82 Å². The Morgan fingerprint density at radius 2 is 2.04 bits per heavy atom. The molecule has 0 bridgehead atoms. The van der Waals surface area contributed by atoms with Crippen molar-refractivity contribution in [3.05, 3.63) is 48.4 Å².